The molecule has 21 heavy (non-hydrogen) atoms. The first-order chi connectivity index (χ1) is 9.43. The van der Waals surface area contributed by atoms with Gasteiger partial charge in [0.05, 0.1) is 6.61 Å². The molecule has 3 rings (SSSR count). The highest BCUT2D eigenvalue weighted by Crippen LogP contribution is 2.26. The van der Waals surface area contributed by atoms with Crippen molar-refractivity contribution in [2.75, 3.05) is 32.8 Å². The van der Waals surface area contributed by atoms with Gasteiger partial charge in [-0.3, -0.25) is 4.90 Å². The predicted molar refractivity (Wildman–Crippen MR) is 91.5 cm³/mol. The first kappa shape index (κ1) is 18.7. The van der Waals surface area contributed by atoms with E-state index in [1.807, 2.05) is 6.07 Å². The lowest BCUT2D eigenvalue weighted by Gasteiger charge is -2.22. The average molecular weight is 333 g/mol. The van der Waals surface area contributed by atoms with Gasteiger partial charge in [0.25, 0.3) is 0 Å². The molecule has 1 N–H and O–H groups in total. The summed E-state index contributed by atoms with van der Waals surface area (Å²) in [7, 11) is 0. The van der Waals surface area contributed by atoms with Gasteiger partial charge in [-0.2, -0.15) is 0 Å². The van der Waals surface area contributed by atoms with Gasteiger partial charge in [-0.25, -0.2) is 0 Å². The molecule has 0 bridgehead atoms. The molecule has 0 unspecified atom stereocenters. The Labute approximate surface area is 140 Å². The van der Waals surface area contributed by atoms with Crippen molar-refractivity contribution >= 4 is 24.8 Å². The summed E-state index contributed by atoms with van der Waals surface area (Å²) in [6, 6.07) is 11.2. The fourth-order valence-corrected chi connectivity index (χ4v) is 3.35. The van der Waals surface area contributed by atoms with Crippen LogP contribution in [0.2, 0.25) is 0 Å². The van der Waals surface area contributed by atoms with Crippen molar-refractivity contribution in [1.29, 1.82) is 0 Å². The van der Waals surface area contributed by atoms with Crippen LogP contribution in [-0.2, 0) is 11.3 Å². The summed E-state index contributed by atoms with van der Waals surface area (Å²) in [5, 5.41) is 3.50. The van der Waals surface area contributed by atoms with Gasteiger partial charge in [0.15, 0.2) is 0 Å². The third-order valence-corrected chi connectivity index (χ3v) is 4.41. The summed E-state index contributed by atoms with van der Waals surface area (Å²) in [5.41, 5.74) is 1.27. The topological polar surface area (TPSA) is 24.5 Å². The minimum atomic E-state index is 0. The van der Waals surface area contributed by atoms with Crippen molar-refractivity contribution in [1.82, 2.24) is 10.2 Å². The molecule has 2 atom stereocenters. The maximum absolute atomic E-state index is 5.75. The first-order valence-corrected chi connectivity index (χ1v) is 7.50. The monoisotopic (exact) mass is 332 g/mol. The SMILES string of the molecule is Cl.Cl.c1ccc(COCCCN2CC[C@H]3CNC[C@H]32)cc1. The summed E-state index contributed by atoms with van der Waals surface area (Å²) < 4.78 is 5.75. The van der Waals surface area contributed by atoms with Gasteiger partial charge >= 0.3 is 0 Å². The highest BCUT2D eigenvalue weighted by Gasteiger charge is 2.36. The molecule has 0 amide bonds. The van der Waals surface area contributed by atoms with Gasteiger partial charge in [-0.1, -0.05) is 30.3 Å². The second-order valence-corrected chi connectivity index (χ2v) is 5.70. The Balaban J connectivity index is 0.00000110. The number of nitrogens with zero attached hydrogens (tertiary/aromatic N) is 1. The normalized spacial score (nSPS) is 24.2. The second-order valence-electron chi connectivity index (χ2n) is 5.70. The van der Waals surface area contributed by atoms with Crippen LogP contribution in [0.5, 0.6) is 0 Å². The minimum Gasteiger partial charge on any atom is -0.377 e. The van der Waals surface area contributed by atoms with E-state index >= 15 is 0 Å². The number of fused-ring (bicyclic) bond motifs is 1. The average Bonchev–Trinajstić information content (AvgIpc) is 3.04. The Morgan fingerprint density at radius 1 is 1.14 bits per heavy atom. The summed E-state index contributed by atoms with van der Waals surface area (Å²) in [5.74, 6) is 0.908. The molecule has 0 saturated carbocycles. The lowest BCUT2D eigenvalue weighted by Crippen LogP contribution is -2.35. The fraction of sp³-hybridized carbons (Fsp3) is 0.625. The van der Waals surface area contributed by atoms with E-state index in [-0.39, 0.29) is 24.8 Å². The third-order valence-electron chi connectivity index (χ3n) is 4.41. The highest BCUT2D eigenvalue weighted by atomic mass is 35.5. The lowest BCUT2D eigenvalue weighted by molar-refractivity contribution is 0.107. The van der Waals surface area contributed by atoms with E-state index in [4.69, 9.17) is 4.74 Å². The Bertz CT molecular complexity index is 391. The molecule has 2 aliphatic heterocycles. The number of likely N-dealkylation sites (tertiary alicyclic amines) is 1. The molecule has 1 aromatic carbocycles. The summed E-state index contributed by atoms with van der Waals surface area (Å²) in [4.78, 5) is 2.65. The summed E-state index contributed by atoms with van der Waals surface area (Å²) in [6.45, 7) is 6.51. The van der Waals surface area contributed by atoms with E-state index in [0.717, 1.165) is 31.6 Å². The van der Waals surface area contributed by atoms with Gasteiger partial charge in [0.2, 0.25) is 0 Å². The fourth-order valence-electron chi connectivity index (χ4n) is 3.35. The molecule has 5 heteroatoms. The zero-order valence-electron chi connectivity index (χ0n) is 12.4. The molecule has 0 radical (unpaired) electrons. The van der Waals surface area contributed by atoms with E-state index in [9.17, 15) is 0 Å². The molecular weight excluding hydrogens is 307 g/mol. The molecule has 2 heterocycles. The predicted octanol–water partition coefficient (Wildman–Crippen LogP) is 2.73. The van der Waals surface area contributed by atoms with E-state index in [1.54, 1.807) is 0 Å². The second kappa shape index (κ2) is 9.65. The van der Waals surface area contributed by atoms with Crippen molar-refractivity contribution in [3.8, 4) is 0 Å². The zero-order valence-corrected chi connectivity index (χ0v) is 14.0. The van der Waals surface area contributed by atoms with Crippen LogP contribution in [0.4, 0.5) is 0 Å². The van der Waals surface area contributed by atoms with E-state index in [1.165, 1.54) is 38.2 Å². The van der Waals surface area contributed by atoms with E-state index in [0.29, 0.717) is 0 Å². The van der Waals surface area contributed by atoms with Gasteiger partial charge < -0.3 is 10.1 Å². The standard InChI is InChI=1S/C16H24N2O.2ClH/c1-2-5-14(6-3-1)13-19-10-4-8-18-9-7-15-11-17-12-16(15)18;;/h1-3,5-6,15-17H,4,7-13H2;2*1H/t15-,16+;;/m0../s1. The maximum Gasteiger partial charge on any atom is 0.0716 e. The zero-order chi connectivity index (χ0) is 12.9. The summed E-state index contributed by atoms with van der Waals surface area (Å²) >= 11 is 0. The van der Waals surface area contributed by atoms with Crippen LogP contribution in [0.3, 0.4) is 0 Å². The maximum atomic E-state index is 5.75. The minimum absolute atomic E-state index is 0. The van der Waals surface area contributed by atoms with Crippen molar-refractivity contribution < 1.29 is 4.74 Å². The van der Waals surface area contributed by atoms with Crippen LogP contribution in [0.25, 0.3) is 0 Å². The van der Waals surface area contributed by atoms with Crippen molar-refractivity contribution in [3.63, 3.8) is 0 Å². The Morgan fingerprint density at radius 2 is 1.95 bits per heavy atom. The van der Waals surface area contributed by atoms with E-state index in [2.05, 4.69) is 34.5 Å². The van der Waals surface area contributed by atoms with Gasteiger partial charge in [0, 0.05) is 25.7 Å². The van der Waals surface area contributed by atoms with Crippen molar-refractivity contribution in [2.24, 2.45) is 5.92 Å². The largest absolute Gasteiger partial charge is 0.377 e. The Kier molecular flexibility index (Phi) is 8.60. The number of halogens is 2. The Hall–Kier alpha value is -0.320. The molecular formula is C16H26Cl2N2O. The number of hydrogen-bond donors (Lipinski definition) is 1. The van der Waals surface area contributed by atoms with Crippen LogP contribution in [0, 0.1) is 5.92 Å². The molecule has 0 aromatic heterocycles. The highest BCUT2D eigenvalue weighted by molar-refractivity contribution is 5.85. The summed E-state index contributed by atoms with van der Waals surface area (Å²) in [6.07, 6.45) is 2.53. The molecule has 120 valence electrons. The number of hydrogen-bond acceptors (Lipinski definition) is 3. The quantitative estimate of drug-likeness (QED) is 0.810. The molecule has 2 saturated heterocycles. The number of rotatable bonds is 6. The van der Waals surface area contributed by atoms with Crippen LogP contribution in [-0.4, -0.2) is 43.7 Å². The van der Waals surface area contributed by atoms with Crippen molar-refractivity contribution in [2.45, 2.75) is 25.5 Å². The number of ether oxygens (including phenoxy) is 1. The molecule has 0 aliphatic carbocycles. The first-order valence-electron chi connectivity index (χ1n) is 7.50. The van der Waals surface area contributed by atoms with Crippen LogP contribution < -0.4 is 5.32 Å². The van der Waals surface area contributed by atoms with E-state index < -0.39 is 0 Å². The molecule has 2 aliphatic rings. The number of nitrogens with one attached hydrogen (secondary N) is 1. The molecule has 2 fully saturated rings. The lowest BCUT2D eigenvalue weighted by atomic mass is 10.1. The third kappa shape index (κ3) is 5.11. The van der Waals surface area contributed by atoms with Gasteiger partial charge in [-0.05, 0) is 37.4 Å². The van der Waals surface area contributed by atoms with Crippen LogP contribution in [0.1, 0.15) is 18.4 Å². The van der Waals surface area contributed by atoms with Crippen LogP contribution in [0.15, 0.2) is 30.3 Å². The Morgan fingerprint density at radius 3 is 2.76 bits per heavy atom. The molecule has 3 nitrogen and oxygen atoms in total. The smallest absolute Gasteiger partial charge is 0.0716 e. The molecule has 1 aromatic rings. The van der Waals surface area contributed by atoms with Gasteiger partial charge in [0.1, 0.15) is 0 Å². The number of benzene rings is 1. The van der Waals surface area contributed by atoms with Crippen LogP contribution >= 0.6 is 24.8 Å². The molecule has 0 spiro atoms. The van der Waals surface area contributed by atoms with Crippen molar-refractivity contribution in [3.05, 3.63) is 35.9 Å². The van der Waals surface area contributed by atoms with Gasteiger partial charge in [-0.15, -0.1) is 24.8 Å².